The molecule has 0 unspecified atom stereocenters. The average Bonchev–Trinajstić information content (AvgIpc) is 3.68. The Morgan fingerprint density at radius 3 is 2.00 bits per heavy atom. The van der Waals surface area contributed by atoms with E-state index in [0.29, 0.717) is 0 Å². The van der Waals surface area contributed by atoms with Crippen LogP contribution in [0.5, 0.6) is 0 Å². The summed E-state index contributed by atoms with van der Waals surface area (Å²) in [6.45, 7) is 36.2. The molecule has 0 spiro atoms. The Labute approximate surface area is 239 Å². The van der Waals surface area contributed by atoms with E-state index in [1.165, 1.54) is 27.8 Å². The lowest BCUT2D eigenvalue weighted by Crippen LogP contribution is -2.27. The van der Waals surface area contributed by atoms with Gasteiger partial charge in [-0.25, -0.2) is 0 Å². The smallest absolute Gasteiger partial charge is 0.0492 e. The third-order valence-corrected chi connectivity index (χ3v) is 7.34. The van der Waals surface area contributed by atoms with Crippen molar-refractivity contribution in [2.24, 2.45) is 10.8 Å². The zero-order valence-electron chi connectivity index (χ0n) is 25.6. The highest BCUT2D eigenvalue weighted by molar-refractivity contribution is 5.71. The predicted octanol–water partition coefficient (Wildman–Crippen LogP) is 9.94. The zero-order chi connectivity index (χ0) is 29.4. The van der Waals surface area contributed by atoms with E-state index >= 15 is 0 Å². The Hall–Kier alpha value is -3.52. The summed E-state index contributed by atoms with van der Waals surface area (Å²) in [7, 11) is 0. The lowest BCUT2D eigenvalue weighted by atomic mass is 9.83. The number of nitrogens with one attached hydrogen (secondary N) is 2. The molecule has 208 valence electrons. The van der Waals surface area contributed by atoms with E-state index in [0.717, 1.165) is 54.0 Å². The normalized spacial score (nSPS) is 15.6. The number of hydrogen-bond donors (Lipinski definition) is 2. The number of aryl methyl sites for hydroxylation is 2. The minimum absolute atomic E-state index is 0.172. The molecule has 39 heavy (non-hydrogen) atoms. The van der Waals surface area contributed by atoms with E-state index in [9.17, 15) is 0 Å². The summed E-state index contributed by atoms with van der Waals surface area (Å²) in [5, 5.41) is 6.91. The van der Waals surface area contributed by atoms with Crippen LogP contribution in [0.3, 0.4) is 0 Å². The summed E-state index contributed by atoms with van der Waals surface area (Å²) in [5.41, 5.74) is 11.6. The quantitative estimate of drug-likeness (QED) is 0.238. The van der Waals surface area contributed by atoms with Crippen LogP contribution in [0.25, 0.3) is 5.57 Å². The minimum atomic E-state index is -0.172. The molecule has 1 saturated carbocycles. The molecule has 0 bridgehead atoms. The fourth-order valence-electron chi connectivity index (χ4n) is 4.87. The molecule has 0 saturated heterocycles. The minimum Gasteiger partial charge on any atom is -0.359 e. The van der Waals surface area contributed by atoms with Crippen molar-refractivity contribution in [3.8, 4) is 0 Å². The van der Waals surface area contributed by atoms with Crippen LogP contribution in [0.1, 0.15) is 76.1 Å². The van der Waals surface area contributed by atoms with Gasteiger partial charge in [-0.2, -0.15) is 0 Å². The number of hydrogen-bond acceptors (Lipinski definition) is 2. The van der Waals surface area contributed by atoms with Gasteiger partial charge in [0.2, 0.25) is 0 Å². The van der Waals surface area contributed by atoms with Crippen LogP contribution >= 0.6 is 0 Å². The van der Waals surface area contributed by atoms with Crippen molar-refractivity contribution < 1.29 is 0 Å². The molecule has 0 amide bonds. The van der Waals surface area contributed by atoms with Crippen LogP contribution in [-0.2, 0) is 6.42 Å². The number of benzene rings is 1. The molecule has 1 aromatic carbocycles. The summed E-state index contributed by atoms with van der Waals surface area (Å²) in [5.74, 6) is 0. The van der Waals surface area contributed by atoms with E-state index in [4.69, 9.17) is 0 Å². The van der Waals surface area contributed by atoms with Gasteiger partial charge in [0.15, 0.2) is 0 Å². The van der Waals surface area contributed by atoms with Crippen LogP contribution in [-0.4, -0.2) is 0 Å². The van der Waals surface area contributed by atoms with Gasteiger partial charge in [-0.15, -0.1) is 0 Å². The molecule has 1 aliphatic carbocycles. The van der Waals surface area contributed by atoms with Crippen molar-refractivity contribution in [3.63, 3.8) is 0 Å². The molecule has 2 heteroatoms. The first-order chi connectivity index (χ1) is 18.3. The SMILES string of the molecule is C=C/C=C(\C=C)NC(=C)C1(C(=C)NC(/C=C\C(=C)C/C(=C/C)c2cc(CC(C)(C)C)c(C)cc2C)=C/C)CC1. The summed E-state index contributed by atoms with van der Waals surface area (Å²) in [6.07, 6.45) is 17.8. The van der Waals surface area contributed by atoms with Gasteiger partial charge in [0, 0.05) is 28.2 Å². The molecular weight excluding hydrogens is 472 g/mol. The largest absolute Gasteiger partial charge is 0.359 e. The van der Waals surface area contributed by atoms with Crippen LogP contribution in [0.4, 0.5) is 0 Å². The standard InChI is InChI=1S/C37H50N2/c1-13-17-33(15-3)38-29(8)37(20-21-37)30(9)39-34(16-4)19-18-26(5)22-31(14-2)35-24-32(25-36(10,11)12)27(6)23-28(35)7/h13-19,23-24,38-39H,1,3,5,8-9,20-22,25H2,2,4,6-7,10-12H3/b19-18-,31-14-,33-17+,34-16+. The highest BCUT2D eigenvalue weighted by atomic mass is 15.0. The molecule has 0 aromatic heterocycles. The van der Waals surface area contributed by atoms with Gasteiger partial charge in [0.1, 0.15) is 0 Å². The number of allylic oxidation sites excluding steroid dienone is 9. The molecule has 0 heterocycles. The maximum absolute atomic E-state index is 4.38. The Morgan fingerprint density at radius 2 is 1.51 bits per heavy atom. The first kappa shape index (κ1) is 31.7. The van der Waals surface area contributed by atoms with Gasteiger partial charge in [-0.1, -0.05) is 95.7 Å². The Bertz CT molecular complexity index is 1250. The zero-order valence-corrected chi connectivity index (χ0v) is 25.6. The molecule has 2 N–H and O–H groups in total. The fraction of sp³-hybridized carbons (Fsp3) is 0.351. The van der Waals surface area contributed by atoms with Gasteiger partial charge in [-0.05, 0) is 105 Å². The predicted molar refractivity (Wildman–Crippen MR) is 174 cm³/mol. The van der Waals surface area contributed by atoms with Crippen molar-refractivity contribution in [2.75, 3.05) is 0 Å². The highest BCUT2D eigenvalue weighted by Gasteiger charge is 2.48. The summed E-state index contributed by atoms with van der Waals surface area (Å²) in [6, 6.07) is 4.72. The molecule has 2 rings (SSSR count). The second kappa shape index (κ2) is 13.5. The van der Waals surface area contributed by atoms with Crippen LogP contribution in [0.2, 0.25) is 0 Å². The second-order valence-electron chi connectivity index (χ2n) is 11.9. The molecule has 1 fully saturated rings. The number of rotatable bonds is 14. The Morgan fingerprint density at radius 1 is 0.897 bits per heavy atom. The third-order valence-electron chi connectivity index (χ3n) is 7.34. The van der Waals surface area contributed by atoms with E-state index < -0.39 is 0 Å². The summed E-state index contributed by atoms with van der Waals surface area (Å²) < 4.78 is 0. The van der Waals surface area contributed by atoms with Gasteiger partial charge in [0.05, 0.1) is 0 Å². The Balaban J connectivity index is 2.11. The van der Waals surface area contributed by atoms with Crippen molar-refractivity contribution in [2.45, 2.75) is 74.1 Å². The highest BCUT2D eigenvalue weighted by Crippen LogP contribution is 2.55. The van der Waals surface area contributed by atoms with E-state index in [2.05, 4.69) is 122 Å². The summed E-state index contributed by atoms with van der Waals surface area (Å²) >= 11 is 0. The Kier molecular flexibility index (Phi) is 11.0. The molecule has 2 nitrogen and oxygen atoms in total. The van der Waals surface area contributed by atoms with Crippen molar-refractivity contribution in [3.05, 3.63) is 138 Å². The lowest BCUT2D eigenvalue weighted by Gasteiger charge is -2.24. The van der Waals surface area contributed by atoms with Gasteiger partial charge >= 0.3 is 0 Å². The first-order valence-electron chi connectivity index (χ1n) is 14.0. The van der Waals surface area contributed by atoms with Gasteiger partial charge in [-0.3, -0.25) is 0 Å². The molecule has 0 aliphatic heterocycles. The van der Waals surface area contributed by atoms with E-state index in [1.807, 2.05) is 13.0 Å². The first-order valence-corrected chi connectivity index (χ1v) is 14.0. The second-order valence-corrected chi connectivity index (χ2v) is 11.9. The fourth-order valence-corrected chi connectivity index (χ4v) is 4.87. The van der Waals surface area contributed by atoms with Crippen molar-refractivity contribution >= 4 is 5.57 Å². The monoisotopic (exact) mass is 522 g/mol. The van der Waals surface area contributed by atoms with Gasteiger partial charge < -0.3 is 10.6 Å². The van der Waals surface area contributed by atoms with Crippen LogP contribution < -0.4 is 10.6 Å². The van der Waals surface area contributed by atoms with Gasteiger partial charge in [0.25, 0.3) is 0 Å². The lowest BCUT2D eigenvalue weighted by molar-refractivity contribution is 0.410. The van der Waals surface area contributed by atoms with Crippen molar-refractivity contribution in [1.29, 1.82) is 0 Å². The molecular formula is C37H50N2. The van der Waals surface area contributed by atoms with Crippen molar-refractivity contribution in [1.82, 2.24) is 10.6 Å². The molecule has 0 radical (unpaired) electrons. The molecule has 1 aromatic rings. The summed E-state index contributed by atoms with van der Waals surface area (Å²) in [4.78, 5) is 0. The van der Waals surface area contributed by atoms with E-state index in [-0.39, 0.29) is 10.8 Å². The van der Waals surface area contributed by atoms with Crippen LogP contribution in [0, 0.1) is 24.7 Å². The molecule has 1 aliphatic rings. The third kappa shape index (κ3) is 8.75. The van der Waals surface area contributed by atoms with Crippen LogP contribution in [0.15, 0.2) is 116 Å². The maximum atomic E-state index is 4.38. The van der Waals surface area contributed by atoms with E-state index in [1.54, 1.807) is 12.2 Å². The average molecular weight is 523 g/mol. The molecule has 0 atom stereocenters. The maximum Gasteiger partial charge on any atom is 0.0492 e. The topological polar surface area (TPSA) is 24.1 Å².